The Hall–Kier alpha value is -2.74. The highest BCUT2D eigenvalue weighted by Gasteiger charge is 2.36. The van der Waals surface area contributed by atoms with Gasteiger partial charge in [0.2, 0.25) is 10.0 Å². The van der Waals surface area contributed by atoms with Crippen molar-refractivity contribution in [2.45, 2.75) is 12.5 Å². The summed E-state index contributed by atoms with van der Waals surface area (Å²) in [5.41, 5.74) is 2.17. The maximum atomic E-state index is 12.4. The molecule has 27 heavy (non-hydrogen) atoms. The number of methoxy groups -OCH3 is 3. The molecule has 0 radical (unpaired) electrons. The van der Waals surface area contributed by atoms with E-state index in [2.05, 4.69) is 5.10 Å². The summed E-state index contributed by atoms with van der Waals surface area (Å²) in [5, 5.41) is 4.40. The Labute approximate surface area is 159 Å². The Bertz CT molecular complexity index is 972. The van der Waals surface area contributed by atoms with Crippen LogP contribution < -0.4 is 14.2 Å². The third kappa shape index (κ3) is 3.85. The fourth-order valence-corrected chi connectivity index (χ4v) is 4.00. The van der Waals surface area contributed by atoms with Crippen LogP contribution in [0.2, 0.25) is 0 Å². The van der Waals surface area contributed by atoms with Gasteiger partial charge in [0, 0.05) is 17.5 Å². The van der Waals surface area contributed by atoms with E-state index in [0.717, 1.165) is 16.2 Å². The van der Waals surface area contributed by atoms with Gasteiger partial charge in [-0.2, -0.15) is 9.52 Å². The second-order valence-electron chi connectivity index (χ2n) is 6.14. The maximum Gasteiger partial charge on any atom is 0.247 e. The van der Waals surface area contributed by atoms with Gasteiger partial charge in [0.05, 0.1) is 39.3 Å². The monoisotopic (exact) mass is 390 g/mol. The van der Waals surface area contributed by atoms with E-state index in [1.165, 1.54) is 0 Å². The summed E-state index contributed by atoms with van der Waals surface area (Å²) < 4.78 is 41.9. The van der Waals surface area contributed by atoms with Crippen LogP contribution in [0, 0.1) is 0 Å². The maximum absolute atomic E-state index is 12.4. The number of sulfonamides is 1. The SMILES string of the molecule is COc1cccc(C2=NN(S(C)(=O)=O)C(c3cc(OC)ccc3OC)C2)c1. The van der Waals surface area contributed by atoms with Crippen LogP contribution in [0.3, 0.4) is 0 Å². The molecule has 0 fully saturated rings. The second-order valence-corrected chi connectivity index (χ2v) is 7.98. The number of benzene rings is 2. The number of rotatable bonds is 6. The third-order valence-electron chi connectivity index (χ3n) is 4.41. The number of hydrogen-bond donors (Lipinski definition) is 0. The minimum Gasteiger partial charge on any atom is -0.497 e. The zero-order chi connectivity index (χ0) is 19.6. The van der Waals surface area contributed by atoms with Crippen molar-refractivity contribution in [1.29, 1.82) is 0 Å². The van der Waals surface area contributed by atoms with E-state index in [1.54, 1.807) is 39.5 Å². The topological polar surface area (TPSA) is 77.4 Å². The molecular formula is C19H22N2O5S. The first kappa shape index (κ1) is 19.0. The molecule has 0 amide bonds. The molecule has 1 atom stereocenters. The van der Waals surface area contributed by atoms with Gasteiger partial charge in [-0.05, 0) is 30.3 Å². The quantitative estimate of drug-likeness (QED) is 0.758. The normalized spacial score (nSPS) is 16.8. The van der Waals surface area contributed by atoms with Crippen molar-refractivity contribution in [3.63, 3.8) is 0 Å². The molecule has 0 aliphatic carbocycles. The van der Waals surface area contributed by atoms with Crippen LogP contribution in [0.4, 0.5) is 0 Å². The van der Waals surface area contributed by atoms with Crippen LogP contribution in [0.15, 0.2) is 47.6 Å². The molecule has 2 aromatic rings. The van der Waals surface area contributed by atoms with E-state index in [4.69, 9.17) is 14.2 Å². The van der Waals surface area contributed by atoms with Crippen molar-refractivity contribution < 1.29 is 22.6 Å². The van der Waals surface area contributed by atoms with E-state index in [1.807, 2.05) is 24.3 Å². The summed E-state index contributed by atoms with van der Waals surface area (Å²) >= 11 is 0. The molecule has 144 valence electrons. The summed E-state index contributed by atoms with van der Waals surface area (Å²) in [5.74, 6) is 1.88. The Morgan fingerprint density at radius 1 is 1.00 bits per heavy atom. The molecule has 0 saturated carbocycles. The van der Waals surface area contributed by atoms with Crippen molar-refractivity contribution in [1.82, 2.24) is 4.41 Å². The molecule has 0 bridgehead atoms. The summed E-state index contributed by atoms with van der Waals surface area (Å²) in [6.07, 6.45) is 1.55. The van der Waals surface area contributed by atoms with Crippen LogP contribution in [0.25, 0.3) is 0 Å². The molecule has 0 saturated heterocycles. The first-order valence-electron chi connectivity index (χ1n) is 8.30. The number of hydrazone groups is 1. The van der Waals surface area contributed by atoms with Crippen molar-refractivity contribution in [2.24, 2.45) is 5.10 Å². The van der Waals surface area contributed by atoms with Crippen LogP contribution in [-0.2, 0) is 10.0 Å². The molecule has 0 spiro atoms. The number of hydrogen-bond acceptors (Lipinski definition) is 6. The van der Waals surface area contributed by atoms with Crippen LogP contribution in [-0.4, -0.2) is 46.1 Å². The van der Waals surface area contributed by atoms with Crippen LogP contribution >= 0.6 is 0 Å². The lowest BCUT2D eigenvalue weighted by atomic mass is 9.98. The van der Waals surface area contributed by atoms with Gasteiger partial charge in [0.1, 0.15) is 17.2 Å². The molecule has 3 rings (SSSR count). The Morgan fingerprint density at radius 2 is 1.70 bits per heavy atom. The predicted molar refractivity (Wildman–Crippen MR) is 103 cm³/mol. The minimum atomic E-state index is -3.58. The molecule has 2 aromatic carbocycles. The van der Waals surface area contributed by atoms with Gasteiger partial charge in [-0.25, -0.2) is 8.42 Å². The minimum absolute atomic E-state index is 0.407. The summed E-state index contributed by atoms with van der Waals surface area (Å²) in [7, 11) is 1.12. The van der Waals surface area contributed by atoms with Gasteiger partial charge in [-0.3, -0.25) is 0 Å². The molecule has 7 nitrogen and oxygen atoms in total. The highest BCUT2D eigenvalue weighted by atomic mass is 32.2. The van der Waals surface area contributed by atoms with Gasteiger partial charge in [-0.1, -0.05) is 12.1 Å². The molecular weight excluding hydrogens is 368 g/mol. The van der Waals surface area contributed by atoms with Gasteiger partial charge in [-0.15, -0.1) is 0 Å². The molecule has 1 aliphatic heterocycles. The van der Waals surface area contributed by atoms with E-state index >= 15 is 0 Å². The van der Waals surface area contributed by atoms with Crippen LogP contribution in [0.1, 0.15) is 23.6 Å². The fourth-order valence-electron chi connectivity index (χ4n) is 3.10. The predicted octanol–water partition coefficient (Wildman–Crippen LogP) is 2.82. The van der Waals surface area contributed by atoms with Crippen molar-refractivity contribution in [3.05, 3.63) is 53.6 Å². The van der Waals surface area contributed by atoms with E-state index in [0.29, 0.717) is 34.9 Å². The van der Waals surface area contributed by atoms with Gasteiger partial charge in [0.25, 0.3) is 0 Å². The average Bonchev–Trinajstić information content (AvgIpc) is 3.13. The standard InChI is InChI=1S/C19H22N2O5S/c1-24-14-7-5-6-13(10-14)17-12-18(21(20-17)27(4,22)23)16-11-15(25-2)8-9-19(16)26-3/h5-11,18H,12H2,1-4H3. The van der Waals surface area contributed by atoms with Gasteiger partial charge >= 0.3 is 0 Å². The van der Waals surface area contributed by atoms with Crippen molar-refractivity contribution in [3.8, 4) is 17.2 Å². The van der Waals surface area contributed by atoms with Gasteiger partial charge < -0.3 is 14.2 Å². The highest BCUT2D eigenvalue weighted by Crippen LogP contribution is 2.40. The third-order valence-corrected chi connectivity index (χ3v) is 5.43. The Morgan fingerprint density at radius 3 is 2.33 bits per heavy atom. The lowest BCUT2D eigenvalue weighted by Gasteiger charge is -2.23. The number of nitrogens with zero attached hydrogens (tertiary/aromatic N) is 2. The summed E-state index contributed by atoms with van der Waals surface area (Å²) in [6, 6.07) is 12.2. The molecule has 8 heteroatoms. The van der Waals surface area contributed by atoms with Gasteiger partial charge in [0.15, 0.2) is 0 Å². The van der Waals surface area contributed by atoms with Crippen LogP contribution in [0.5, 0.6) is 17.2 Å². The lowest BCUT2D eigenvalue weighted by Crippen LogP contribution is -2.26. The molecule has 1 aliphatic rings. The average molecular weight is 390 g/mol. The summed E-state index contributed by atoms with van der Waals surface area (Å²) in [4.78, 5) is 0. The zero-order valence-corrected chi connectivity index (χ0v) is 16.5. The van der Waals surface area contributed by atoms with Crippen molar-refractivity contribution >= 4 is 15.7 Å². The Balaban J connectivity index is 2.07. The largest absolute Gasteiger partial charge is 0.497 e. The molecule has 0 aromatic heterocycles. The first-order chi connectivity index (χ1) is 12.9. The van der Waals surface area contributed by atoms with E-state index < -0.39 is 16.1 Å². The second kappa shape index (κ2) is 7.48. The fraction of sp³-hybridized carbons (Fsp3) is 0.316. The molecule has 0 N–H and O–H groups in total. The highest BCUT2D eigenvalue weighted by molar-refractivity contribution is 7.88. The lowest BCUT2D eigenvalue weighted by molar-refractivity contribution is 0.348. The zero-order valence-electron chi connectivity index (χ0n) is 15.7. The molecule has 1 unspecified atom stereocenters. The van der Waals surface area contributed by atoms with E-state index in [-0.39, 0.29) is 0 Å². The summed E-state index contributed by atoms with van der Waals surface area (Å²) in [6.45, 7) is 0. The molecule has 1 heterocycles. The first-order valence-corrected chi connectivity index (χ1v) is 10.2. The van der Waals surface area contributed by atoms with E-state index in [9.17, 15) is 8.42 Å². The Kier molecular flexibility index (Phi) is 5.27. The number of ether oxygens (including phenoxy) is 3. The smallest absolute Gasteiger partial charge is 0.247 e. The van der Waals surface area contributed by atoms with Crippen molar-refractivity contribution in [2.75, 3.05) is 27.6 Å².